The lowest BCUT2D eigenvalue weighted by Gasteiger charge is -2.43. The van der Waals surface area contributed by atoms with Gasteiger partial charge in [-0.1, -0.05) is 99.8 Å². The van der Waals surface area contributed by atoms with Crippen LogP contribution in [0, 0.1) is 5.92 Å². The van der Waals surface area contributed by atoms with Gasteiger partial charge in [0.15, 0.2) is 0 Å². The van der Waals surface area contributed by atoms with E-state index in [4.69, 9.17) is 4.74 Å². The molecule has 0 radical (unpaired) electrons. The number of nitrogens with one attached hydrogen (secondary N) is 1. The van der Waals surface area contributed by atoms with Crippen LogP contribution in [-0.2, 0) is 4.74 Å². The Morgan fingerprint density at radius 3 is 2.14 bits per heavy atom. The largest absolute Gasteiger partial charge is 0.376 e. The van der Waals surface area contributed by atoms with Crippen molar-refractivity contribution in [3.63, 3.8) is 0 Å². The Balaban J connectivity index is 1.86. The van der Waals surface area contributed by atoms with Crippen LogP contribution in [0.25, 0.3) is 17.2 Å². The average molecular weight is 506 g/mol. The van der Waals surface area contributed by atoms with Crippen LogP contribution in [0.2, 0.25) is 12.6 Å². The van der Waals surface area contributed by atoms with Gasteiger partial charge in [0.25, 0.3) is 0 Å². The number of allylic oxidation sites excluding steroid dienone is 1. The second-order valence-electron chi connectivity index (χ2n) is 13.3. The molecule has 0 saturated carbocycles. The third kappa shape index (κ3) is 7.66. The third-order valence-corrected chi connectivity index (χ3v) is 11.9. The van der Waals surface area contributed by atoms with Gasteiger partial charge in [-0.25, -0.2) is 0 Å². The zero-order valence-corrected chi connectivity index (χ0v) is 25.5. The molecule has 1 aliphatic carbocycles. The average Bonchev–Trinajstić information content (AvgIpc) is 3.18. The zero-order chi connectivity index (χ0) is 26.6. The van der Waals surface area contributed by atoms with E-state index in [2.05, 4.69) is 122 Å². The highest BCUT2D eigenvalue weighted by molar-refractivity contribution is 6.78. The van der Waals surface area contributed by atoms with Gasteiger partial charge in [-0.3, -0.25) is 0 Å². The molecule has 2 aromatic carbocycles. The van der Waals surface area contributed by atoms with E-state index >= 15 is 0 Å². The molecule has 0 amide bonds. The van der Waals surface area contributed by atoms with Gasteiger partial charge in [0.2, 0.25) is 0 Å². The van der Waals surface area contributed by atoms with Crippen LogP contribution in [0.3, 0.4) is 0 Å². The fourth-order valence-electron chi connectivity index (χ4n) is 5.97. The molecule has 2 nitrogen and oxygen atoms in total. The zero-order valence-electron chi connectivity index (χ0n) is 24.5. The van der Waals surface area contributed by atoms with Crippen molar-refractivity contribution in [1.29, 1.82) is 0 Å². The van der Waals surface area contributed by atoms with E-state index in [-0.39, 0.29) is 11.1 Å². The second kappa shape index (κ2) is 11.8. The predicted octanol–water partition coefficient (Wildman–Crippen LogP) is 9.37. The molecule has 0 heterocycles. The lowest BCUT2D eigenvalue weighted by molar-refractivity contribution is -0.00471. The highest BCUT2D eigenvalue weighted by Crippen LogP contribution is 2.49. The molecule has 36 heavy (non-hydrogen) atoms. The Bertz CT molecular complexity index is 1010. The number of rotatable bonds is 11. The summed E-state index contributed by atoms with van der Waals surface area (Å²) in [6.07, 6.45) is 7.53. The maximum atomic E-state index is 5.94. The Labute approximate surface area is 223 Å². The second-order valence-corrected chi connectivity index (χ2v) is 17.5. The quantitative estimate of drug-likeness (QED) is 0.242. The van der Waals surface area contributed by atoms with Gasteiger partial charge in [-0.05, 0) is 82.2 Å². The van der Waals surface area contributed by atoms with Crippen molar-refractivity contribution in [2.45, 2.75) is 110 Å². The number of benzene rings is 2. The predicted molar refractivity (Wildman–Crippen MR) is 161 cm³/mol. The highest BCUT2D eigenvalue weighted by atomic mass is 28.3. The first kappa shape index (κ1) is 28.9. The fourth-order valence-corrected chi connectivity index (χ4v) is 11.3. The van der Waals surface area contributed by atoms with E-state index in [0.717, 1.165) is 13.0 Å². The van der Waals surface area contributed by atoms with Crippen molar-refractivity contribution < 1.29 is 4.74 Å². The standard InChI is InChI=1S/C33H51NOSi/c1-25(2)29-24-30-27(26-18-13-12-14-19-26)20-17-21-28(30)31(29)36(9,34-32(3,4)5)23-16-11-10-15-22-35-33(6,7)8/h12-14,17-21,24-25,31,34H,10-11,15-16,22-23H2,1-9H3. The van der Waals surface area contributed by atoms with Crippen LogP contribution < -0.4 is 4.98 Å². The summed E-state index contributed by atoms with van der Waals surface area (Å²) in [4.78, 5) is 4.25. The summed E-state index contributed by atoms with van der Waals surface area (Å²) in [5.41, 5.74) is 7.89. The van der Waals surface area contributed by atoms with Crippen molar-refractivity contribution in [3.8, 4) is 11.1 Å². The smallest absolute Gasteiger partial charge is 0.134 e. The number of unbranched alkanes of at least 4 members (excludes halogenated alkanes) is 3. The molecule has 3 heteroatoms. The molecular weight excluding hydrogens is 454 g/mol. The number of fused-ring (bicyclic) bond motifs is 1. The van der Waals surface area contributed by atoms with Crippen molar-refractivity contribution in [2.24, 2.45) is 5.92 Å². The summed E-state index contributed by atoms with van der Waals surface area (Å²) in [7, 11) is -1.90. The molecule has 2 aromatic rings. The molecule has 0 saturated heterocycles. The van der Waals surface area contributed by atoms with Crippen LogP contribution in [0.15, 0.2) is 54.1 Å². The summed E-state index contributed by atoms with van der Waals surface area (Å²) in [5.74, 6) is 0.536. The molecular formula is C33H51NOSi. The van der Waals surface area contributed by atoms with E-state index in [0.29, 0.717) is 11.5 Å². The summed E-state index contributed by atoms with van der Waals surface area (Å²) in [5, 5.41) is 0. The van der Waals surface area contributed by atoms with Crippen LogP contribution in [0.1, 0.15) is 97.7 Å². The molecule has 0 aliphatic heterocycles. The van der Waals surface area contributed by atoms with E-state index in [1.165, 1.54) is 42.0 Å². The number of ether oxygens (including phenoxy) is 1. The summed E-state index contributed by atoms with van der Waals surface area (Å²) >= 11 is 0. The molecule has 1 N–H and O–H groups in total. The minimum Gasteiger partial charge on any atom is -0.376 e. The Kier molecular flexibility index (Phi) is 9.46. The first-order valence-electron chi connectivity index (χ1n) is 14.1. The molecule has 0 bridgehead atoms. The lowest BCUT2D eigenvalue weighted by Crippen LogP contribution is -2.60. The van der Waals surface area contributed by atoms with Crippen molar-refractivity contribution in [2.75, 3.05) is 6.61 Å². The molecule has 1 aliphatic rings. The van der Waals surface area contributed by atoms with Gasteiger partial charge in [-0.15, -0.1) is 0 Å². The fraction of sp³-hybridized carbons (Fsp3) is 0.576. The number of hydrogen-bond donors (Lipinski definition) is 1. The molecule has 0 spiro atoms. The van der Waals surface area contributed by atoms with Gasteiger partial charge in [0, 0.05) is 17.7 Å². The monoisotopic (exact) mass is 505 g/mol. The van der Waals surface area contributed by atoms with Crippen LogP contribution in [-0.4, -0.2) is 26.0 Å². The van der Waals surface area contributed by atoms with Crippen molar-refractivity contribution >= 4 is 14.3 Å². The maximum Gasteiger partial charge on any atom is 0.134 e. The van der Waals surface area contributed by atoms with Crippen molar-refractivity contribution in [1.82, 2.24) is 4.98 Å². The topological polar surface area (TPSA) is 21.3 Å². The molecule has 0 aromatic heterocycles. The van der Waals surface area contributed by atoms with Gasteiger partial charge < -0.3 is 9.72 Å². The van der Waals surface area contributed by atoms with E-state index < -0.39 is 8.24 Å². The minimum absolute atomic E-state index is 0.0316. The Morgan fingerprint density at radius 2 is 1.53 bits per heavy atom. The SMILES string of the molecule is CC(C)C1=Cc2c(-c3ccccc3)cccc2C1[Si](C)(CCCCCCOC(C)(C)C)NC(C)(C)C. The Morgan fingerprint density at radius 1 is 0.861 bits per heavy atom. The first-order valence-corrected chi connectivity index (χ1v) is 16.9. The van der Waals surface area contributed by atoms with E-state index in [1.54, 1.807) is 11.1 Å². The molecule has 2 unspecified atom stereocenters. The minimum atomic E-state index is -1.90. The van der Waals surface area contributed by atoms with Gasteiger partial charge in [0.05, 0.1) is 5.60 Å². The third-order valence-electron chi connectivity index (χ3n) is 7.27. The van der Waals surface area contributed by atoms with Crippen LogP contribution >= 0.6 is 0 Å². The molecule has 2 atom stereocenters. The lowest BCUT2D eigenvalue weighted by atomic mass is 9.97. The van der Waals surface area contributed by atoms with Crippen LogP contribution in [0.5, 0.6) is 0 Å². The summed E-state index contributed by atoms with van der Waals surface area (Å²) < 4.78 is 5.94. The van der Waals surface area contributed by atoms with Gasteiger partial charge in [-0.2, -0.15) is 0 Å². The molecule has 0 fully saturated rings. The summed E-state index contributed by atoms with van der Waals surface area (Å²) in [6, 6.07) is 19.2. The summed E-state index contributed by atoms with van der Waals surface area (Å²) in [6.45, 7) is 21.7. The first-order chi connectivity index (χ1) is 16.8. The molecule has 3 rings (SSSR count). The normalized spacial score (nSPS) is 17.7. The Hall–Kier alpha value is -1.68. The van der Waals surface area contributed by atoms with Crippen molar-refractivity contribution in [3.05, 3.63) is 65.2 Å². The number of hydrogen-bond acceptors (Lipinski definition) is 2. The van der Waals surface area contributed by atoms with Gasteiger partial charge in [0.1, 0.15) is 8.24 Å². The maximum absolute atomic E-state index is 5.94. The van der Waals surface area contributed by atoms with E-state index in [9.17, 15) is 0 Å². The molecule has 198 valence electrons. The highest BCUT2D eigenvalue weighted by Gasteiger charge is 2.45. The van der Waals surface area contributed by atoms with E-state index in [1.807, 2.05) is 0 Å². The van der Waals surface area contributed by atoms with Gasteiger partial charge >= 0.3 is 0 Å². The van der Waals surface area contributed by atoms with Crippen LogP contribution in [0.4, 0.5) is 0 Å².